The van der Waals surface area contributed by atoms with Crippen LogP contribution in [0.1, 0.15) is 33.6 Å². The van der Waals surface area contributed by atoms with Crippen LogP contribution in [-0.2, 0) is 14.3 Å². The highest BCUT2D eigenvalue weighted by Crippen LogP contribution is 2.20. The Bertz CT molecular complexity index is 427. The van der Waals surface area contributed by atoms with Gasteiger partial charge in [0.2, 0.25) is 0 Å². The molecule has 2 N–H and O–H groups in total. The minimum Gasteiger partial charge on any atom is -0.456 e. The van der Waals surface area contributed by atoms with Crippen molar-refractivity contribution in [1.82, 2.24) is 4.90 Å². The molecule has 0 aliphatic carbocycles. The second kappa shape index (κ2) is 6.00. The second-order valence-electron chi connectivity index (χ2n) is 6.34. The van der Waals surface area contributed by atoms with Crippen molar-refractivity contribution in [2.24, 2.45) is 5.73 Å². The number of hydrogen-bond donors (Lipinski definition) is 1. The molecule has 2 rings (SSSR count). The van der Waals surface area contributed by atoms with E-state index >= 15 is 0 Å². The van der Waals surface area contributed by atoms with Crippen molar-refractivity contribution in [1.29, 1.82) is 0 Å². The summed E-state index contributed by atoms with van der Waals surface area (Å²) < 4.78 is 10.7. The molecule has 1 unspecified atom stereocenters. The summed E-state index contributed by atoms with van der Waals surface area (Å²) >= 11 is 0. The van der Waals surface area contributed by atoms with Crippen LogP contribution in [0.15, 0.2) is 17.5 Å². The molecule has 0 amide bonds. The highest BCUT2D eigenvalue weighted by Gasteiger charge is 2.29. The van der Waals surface area contributed by atoms with E-state index in [0.29, 0.717) is 18.2 Å². The van der Waals surface area contributed by atoms with E-state index in [4.69, 9.17) is 15.2 Å². The van der Waals surface area contributed by atoms with Gasteiger partial charge in [0.05, 0.1) is 11.6 Å². The lowest BCUT2D eigenvalue weighted by Crippen LogP contribution is -2.46. The lowest BCUT2D eigenvalue weighted by atomic mass is 10.0. The van der Waals surface area contributed by atoms with Crippen molar-refractivity contribution >= 4 is 5.97 Å². The molecule has 2 aliphatic rings. The number of rotatable bonds is 2. The summed E-state index contributed by atoms with van der Waals surface area (Å²) in [5.41, 5.74) is 9.04. The minimum absolute atomic E-state index is 0.349. The van der Waals surface area contributed by atoms with E-state index in [9.17, 15) is 4.79 Å². The van der Waals surface area contributed by atoms with Crippen LogP contribution >= 0.6 is 0 Å². The van der Waals surface area contributed by atoms with Crippen LogP contribution < -0.4 is 5.73 Å². The van der Waals surface area contributed by atoms with E-state index in [2.05, 4.69) is 10.6 Å². The van der Waals surface area contributed by atoms with Crippen LogP contribution in [0.2, 0.25) is 0 Å². The van der Waals surface area contributed by atoms with Crippen LogP contribution in [-0.4, -0.2) is 48.3 Å². The largest absolute Gasteiger partial charge is 0.456 e. The maximum atomic E-state index is 12.0. The molecule has 0 saturated carbocycles. The number of nitrogens with two attached hydrogens (primary N) is 1. The molecule has 0 aromatic carbocycles. The topological polar surface area (TPSA) is 64.8 Å². The van der Waals surface area contributed by atoms with Gasteiger partial charge in [-0.2, -0.15) is 0 Å². The summed E-state index contributed by atoms with van der Waals surface area (Å²) in [5, 5.41) is 0. The number of carbonyl (C=O) groups excluding carboxylic acids is 1. The molecule has 0 bridgehead atoms. The molecular weight excluding hydrogens is 256 g/mol. The second-order valence-corrected chi connectivity index (χ2v) is 6.34. The summed E-state index contributed by atoms with van der Waals surface area (Å²) in [6, 6.07) is 0.0835. The third-order valence-electron chi connectivity index (χ3n) is 3.44. The molecule has 1 fully saturated rings. The Morgan fingerprint density at radius 1 is 1.45 bits per heavy atom. The monoisotopic (exact) mass is 280 g/mol. The summed E-state index contributed by atoms with van der Waals surface area (Å²) in [6.07, 6.45) is 3.83. The quantitative estimate of drug-likeness (QED) is 0.608. The van der Waals surface area contributed by atoms with Gasteiger partial charge in [-0.25, -0.2) is 4.79 Å². The Hall–Kier alpha value is -1.29. The number of ether oxygens (including phenoxy) is 2. The van der Waals surface area contributed by atoms with Crippen LogP contribution in [0.4, 0.5) is 0 Å². The predicted molar refractivity (Wildman–Crippen MR) is 76.0 cm³/mol. The first-order chi connectivity index (χ1) is 9.37. The van der Waals surface area contributed by atoms with Crippen molar-refractivity contribution in [2.45, 2.75) is 51.3 Å². The maximum absolute atomic E-state index is 12.0. The third-order valence-corrected chi connectivity index (χ3v) is 3.44. The summed E-state index contributed by atoms with van der Waals surface area (Å²) in [6.45, 7) is 7.74. The van der Waals surface area contributed by atoms with E-state index in [1.165, 1.54) is 0 Å². The summed E-state index contributed by atoms with van der Waals surface area (Å²) in [4.78, 5) is 14.2. The Kier molecular flexibility index (Phi) is 4.53. The van der Waals surface area contributed by atoms with Gasteiger partial charge in [0, 0.05) is 32.0 Å². The third kappa shape index (κ3) is 3.85. The van der Waals surface area contributed by atoms with Crippen molar-refractivity contribution < 1.29 is 14.3 Å². The summed E-state index contributed by atoms with van der Waals surface area (Å²) in [7, 11) is 0. The lowest BCUT2D eigenvalue weighted by molar-refractivity contribution is -0.150. The van der Waals surface area contributed by atoms with Gasteiger partial charge in [-0.05, 0) is 33.6 Å². The minimum atomic E-state index is -0.511. The fourth-order valence-corrected chi connectivity index (χ4v) is 2.45. The molecule has 0 aromatic rings. The fourth-order valence-electron chi connectivity index (χ4n) is 2.45. The van der Waals surface area contributed by atoms with Gasteiger partial charge in [-0.3, -0.25) is 0 Å². The first-order valence-electron chi connectivity index (χ1n) is 7.16. The van der Waals surface area contributed by atoms with Crippen molar-refractivity contribution in [2.75, 3.05) is 19.8 Å². The number of hydrogen-bond acceptors (Lipinski definition) is 5. The van der Waals surface area contributed by atoms with Crippen LogP contribution in [0, 0.1) is 0 Å². The van der Waals surface area contributed by atoms with Gasteiger partial charge in [0.25, 0.3) is 0 Å². The highest BCUT2D eigenvalue weighted by molar-refractivity contribution is 5.90. The molecule has 2 aliphatic heterocycles. The molecule has 2 heterocycles. The van der Waals surface area contributed by atoms with Gasteiger partial charge in [-0.15, -0.1) is 0 Å². The van der Waals surface area contributed by atoms with E-state index < -0.39 is 5.60 Å². The zero-order chi connectivity index (χ0) is 14.8. The lowest BCUT2D eigenvalue weighted by Gasteiger charge is -2.36. The van der Waals surface area contributed by atoms with Crippen LogP contribution in [0.3, 0.4) is 0 Å². The van der Waals surface area contributed by atoms with Gasteiger partial charge >= 0.3 is 5.97 Å². The molecular formula is C15H24N2O3. The molecule has 1 atom stereocenters. The summed E-state index contributed by atoms with van der Waals surface area (Å²) in [5.74, 6) is -0.368. The molecule has 5 nitrogen and oxygen atoms in total. The molecule has 1 saturated heterocycles. The van der Waals surface area contributed by atoms with Crippen LogP contribution in [0.5, 0.6) is 0 Å². The first kappa shape index (κ1) is 15.1. The average molecular weight is 280 g/mol. The van der Waals surface area contributed by atoms with Gasteiger partial charge in [0.1, 0.15) is 5.60 Å². The van der Waals surface area contributed by atoms with Crippen molar-refractivity contribution in [3.8, 4) is 0 Å². The number of nitrogens with zero attached hydrogens (tertiary/aromatic N) is 1. The SMILES string of the molecule is CC(C)(C)OC(=O)C1=C=CN(C2CCOCC2)CC1N. The molecule has 112 valence electrons. The standard InChI is InChI=1S/C15H24N2O3/c1-15(2,3)20-14(18)12-4-7-17(10-13(12)16)11-5-8-19-9-6-11/h7,11,13H,5-6,8-10,16H2,1-3H3. The smallest absolute Gasteiger partial charge is 0.344 e. The molecule has 0 radical (unpaired) electrons. The predicted octanol–water partition coefficient (Wildman–Crippen LogP) is 1.19. The Morgan fingerprint density at radius 2 is 2.10 bits per heavy atom. The van der Waals surface area contributed by atoms with Crippen molar-refractivity contribution in [3.05, 3.63) is 17.5 Å². The zero-order valence-corrected chi connectivity index (χ0v) is 12.5. The van der Waals surface area contributed by atoms with Gasteiger partial charge in [-0.1, -0.05) is 5.73 Å². The molecule has 5 heteroatoms. The maximum Gasteiger partial charge on any atom is 0.344 e. The molecule has 0 spiro atoms. The molecule has 0 aromatic heterocycles. The van der Waals surface area contributed by atoms with E-state index in [1.807, 2.05) is 27.0 Å². The van der Waals surface area contributed by atoms with Gasteiger partial charge in [0.15, 0.2) is 0 Å². The van der Waals surface area contributed by atoms with Crippen molar-refractivity contribution in [3.63, 3.8) is 0 Å². The average Bonchev–Trinajstić information content (AvgIpc) is 2.37. The first-order valence-corrected chi connectivity index (χ1v) is 7.16. The highest BCUT2D eigenvalue weighted by atomic mass is 16.6. The van der Waals surface area contributed by atoms with E-state index in [-0.39, 0.29) is 12.0 Å². The number of esters is 1. The van der Waals surface area contributed by atoms with E-state index in [0.717, 1.165) is 26.1 Å². The number of carbonyl (C=O) groups is 1. The molecule has 20 heavy (non-hydrogen) atoms. The Labute approximate surface area is 120 Å². The normalized spacial score (nSPS) is 24.5. The van der Waals surface area contributed by atoms with E-state index in [1.54, 1.807) is 0 Å². The fraction of sp³-hybridized carbons (Fsp3) is 0.733. The van der Waals surface area contributed by atoms with Gasteiger partial charge < -0.3 is 20.1 Å². The zero-order valence-electron chi connectivity index (χ0n) is 12.5. The Morgan fingerprint density at radius 3 is 2.65 bits per heavy atom. The Balaban J connectivity index is 2.07. The van der Waals surface area contributed by atoms with Crippen LogP contribution in [0.25, 0.3) is 0 Å².